The van der Waals surface area contributed by atoms with Crippen molar-refractivity contribution in [2.24, 2.45) is 0 Å². The van der Waals surface area contributed by atoms with Crippen LogP contribution in [0.2, 0.25) is 0 Å². The molecule has 0 unspecified atom stereocenters. The molecule has 0 atom stereocenters. The molecule has 0 fully saturated rings. The maximum Gasteiger partial charge on any atom is 0.248 e. The van der Waals surface area contributed by atoms with Crippen molar-refractivity contribution in [1.82, 2.24) is 0 Å². The van der Waals surface area contributed by atoms with Crippen molar-refractivity contribution in [2.75, 3.05) is 18.5 Å². The number of amides is 1. The molecule has 130 valence electrons. The number of nitrogens with one attached hydrogen (secondary N) is 1. The fourth-order valence-electron chi connectivity index (χ4n) is 2.68. The van der Waals surface area contributed by atoms with Gasteiger partial charge < -0.3 is 14.8 Å². The summed E-state index contributed by atoms with van der Waals surface area (Å²) in [4.78, 5) is 12.2. The van der Waals surface area contributed by atoms with E-state index in [0.29, 0.717) is 18.0 Å². The lowest BCUT2D eigenvalue weighted by atomic mass is 10.1. The Bertz CT molecular complexity index is 767. The van der Waals surface area contributed by atoms with Gasteiger partial charge in [-0.25, -0.2) is 0 Å². The molecule has 0 bridgehead atoms. The highest BCUT2D eigenvalue weighted by Gasteiger charge is 2.11. The molecular weight excluding hydrogens is 314 g/mol. The Morgan fingerprint density at radius 3 is 3.04 bits per heavy atom. The second-order valence-corrected chi connectivity index (χ2v) is 5.99. The number of unbranched alkanes of at least 4 members (excludes halogenated alkanes) is 1. The number of para-hydroxylation sites is 2. The number of carbonyl (C=O) groups excluding carboxylic acids is 1. The van der Waals surface area contributed by atoms with Gasteiger partial charge in [-0.2, -0.15) is 0 Å². The van der Waals surface area contributed by atoms with Crippen molar-refractivity contribution in [2.45, 2.75) is 26.2 Å². The van der Waals surface area contributed by atoms with Gasteiger partial charge in [-0.05, 0) is 47.9 Å². The molecular formula is C21H23NO3. The van der Waals surface area contributed by atoms with Gasteiger partial charge in [0.1, 0.15) is 11.5 Å². The molecule has 0 aromatic heterocycles. The molecule has 1 amide bonds. The number of hydrogen-bond donors (Lipinski definition) is 1. The van der Waals surface area contributed by atoms with Crippen molar-refractivity contribution >= 4 is 17.7 Å². The van der Waals surface area contributed by atoms with Gasteiger partial charge >= 0.3 is 0 Å². The molecule has 1 N–H and O–H groups in total. The van der Waals surface area contributed by atoms with E-state index in [-0.39, 0.29) is 5.91 Å². The van der Waals surface area contributed by atoms with Crippen LogP contribution in [-0.2, 0) is 11.2 Å². The summed E-state index contributed by atoms with van der Waals surface area (Å²) >= 11 is 0. The molecule has 25 heavy (non-hydrogen) atoms. The van der Waals surface area contributed by atoms with E-state index in [9.17, 15) is 4.79 Å². The SMILES string of the molecule is CCCCOc1ccccc1NC(=O)/C=C/c1ccc2c(c1)CCO2. The summed E-state index contributed by atoms with van der Waals surface area (Å²) in [7, 11) is 0. The number of rotatable bonds is 7. The molecule has 2 aromatic rings. The van der Waals surface area contributed by atoms with Crippen molar-refractivity contribution in [3.8, 4) is 11.5 Å². The van der Waals surface area contributed by atoms with Crippen LogP contribution in [0, 0.1) is 0 Å². The Morgan fingerprint density at radius 1 is 1.28 bits per heavy atom. The summed E-state index contributed by atoms with van der Waals surface area (Å²) < 4.78 is 11.2. The zero-order valence-electron chi connectivity index (χ0n) is 14.5. The van der Waals surface area contributed by atoms with Gasteiger partial charge in [0.05, 0.1) is 18.9 Å². The van der Waals surface area contributed by atoms with E-state index in [1.807, 2.05) is 42.5 Å². The van der Waals surface area contributed by atoms with Crippen LogP contribution in [0.15, 0.2) is 48.5 Å². The zero-order chi connectivity index (χ0) is 17.5. The first-order chi connectivity index (χ1) is 12.3. The number of hydrogen-bond acceptors (Lipinski definition) is 3. The van der Waals surface area contributed by atoms with Gasteiger partial charge in [0.25, 0.3) is 0 Å². The zero-order valence-corrected chi connectivity index (χ0v) is 14.5. The lowest BCUT2D eigenvalue weighted by Gasteiger charge is -2.11. The van der Waals surface area contributed by atoms with Crippen LogP contribution in [0.5, 0.6) is 11.5 Å². The first kappa shape index (κ1) is 17.1. The van der Waals surface area contributed by atoms with E-state index in [4.69, 9.17) is 9.47 Å². The topological polar surface area (TPSA) is 47.6 Å². The minimum atomic E-state index is -0.178. The highest BCUT2D eigenvalue weighted by atomic mass is 16.5. The van der Waals surface area contributed by atoms with E-state index >= 15 is 0 Å². The van der Waals surface area contributed by atoms with Crippen molar-refractivity contribution in [3.63, 3.8) is 0 Å². The van der Waals surface area contributed by atoms with Crippen LogP contribution < -0.4 is 14.8 Å². The highest BCUT2D eigenvalue weighted by Crippen LogP contribution is 2.26. The predicted molar refractivity (Wildman–Crippen MR) is 100 cm³/mol. The molecule has 1 aliphatic heterocycles. The smallest absolute Gasteiger partial charge is 0.248 e. The van der Waals surface area contributed by atoms with Gasteiger partial charge in [-0.3, -0.25) is 4.79 Å². The highest BCUT2D eigenvalue weighted by molar-refractivity contribution is 6.02. The molecule has 0 radical (unpaired) electrons. The van der Waals surface area contributed by atoms with Gasteiger partial charge in [0, 0.05) is 12.5 Å². The Hall–Kier alpha value is -2.75. The van der Waals surface area contributed by atoms with Crippen LogP contribution in [0.25, 0.3) is 6.08 Å². The van der Waals surface area contributed by atoms with Crippen molar-refractivity contribution in [1.29, 1.82) is 0 Å². The predicted octanol–water partition coefficient (Wildman–Crippen LogP) is 4.45. The molecule has 2 aromatic carbocycles. The minimum Gasteiger partial charge on any atom is -0.493 e. The van der Waals surface area contributed by atoms with E-state index in [1.54, 1.807) is 6.08 Å². The van der Waals surface area contributed by atoms with Crippen LogP contribution in [0.4, 0.5) is 5.69 Å². The van der Waals surface area contributed by atoms with E-state index < -0.39 is 0 Å². The Labute approximate surface area is 148 Å². The van der Waals surface area contributed by atoms with E-state index in [0.717, 1.165) is 37.2 Å². The first-order valence-electron chi connectivity index (χ1n) is 8.73. The second-order valence-electron chi connectivity index (χ2n) is 5.99. The minimum absolute atomic E-state index is 0.178. The molecule has 1 heterocycles. The molecule has 1 aliphatic rings. The summed E-state index contributed by atoms with van der Waals surface area (Å²) in [6.07, 6.45) is 6.34. The Kier molecular flexibility index (Phi) is 5.73. The number of ether oxygens (including phenoxy) is 2. The van der Waals surface area contributed by atoms with E-state index in [2.05, 4.69) is 18.3 Å². The Morgan fingerprint density at radius 2 is 2.16 bits per heavy atom. The fourth-order valence-corrected chi connectivity index (χ4v) is 2.68. The molecule has 4 nitrogen and oxygen atoms in total. The standard InChI is InChI=1S/C21H23NO3/c1-2-3-13-24-20-7-5-4-6-18(20)22-21(23)11-9-16-8-10-19-17(15-16)12-14-25-19/h4-11,15H,2-3,12-14H2,1H3,(H,22,23)/b11-9+. The number of fused-ring (bicyclic) bond motifs is 1. The van der Waals surface area contributed by atoms with Crippen molar-refractivity contribution < 1.29 is 14.3 Å². The lowest BCUT2D eigenvalue weighted by Crippen LogP contribution is -2.09. The first-order valence-corrected chi connectivity index (χ1v) is 8.73. The summed E-state index contributed by atoms with van der Waals surface area (Å²) in [6, 6.07) is 13.5. The summed E-state index contributed by atoms with van der Waals surface area (Å²) in [6.45, 7) is 3.50. The van der Waals surface area contributed by atoms with Gasteiger partial charge in [-0.15, -0.1) is 0 Å². The number of anilines is 1. The monoisotopic (exact) mass is 337 g/mol. The van der Waals surface area contributed by atoms with Crippen LogP contribution in [-0.4, -0.2) is 19.1 Å². The Balaban J connectivity index is 1.62. The van der Waals surface area contributed by atoms with Gasteiger partial charge in [0.2, 0.25) is 5.91 Å². The van der Waals surface area contributed by atoms with Gasteiger partial charge in [-0.1, -0.05) is 31.5 Å². The number of carbonyl (C=O) groups is 1. The van der Waals surface area contributed by atoms with E-state index in [1.165, 1.54) is 5.56 Å². The average Bonchev–Trinajstić information content (AvgIpc) is 3.09. The van der Waals surface area contributed by atoms with Gasteiger partial charge in [0.15, 0.2) is 0 Å². The summed E-state index contributed by atoms with van der Waals surface area (Å²) in [5, 5.41) is 2.88. The molecule has 0 saturated heterocycles. The largest absolute Gasteiger partial charge is 0.493 e. The fraction of sp³-hybridized carbons (Fsp3) is 0.286. The lowest BCUT2D eigenvalue weighted by molar-refractivity contribution is -0.111. The third kappa shape index (κ3) is 4.63. The molecule has 0 aliphatic carbocycles. The number of benzene rings is 2. The average molecular weight is 337 g/mol. The molecule has 0 saturated carbocycles. The second kappa shape index (κ2) is 8.38. The third-order valence-corrected chi connectivity index (χ3v) is 4.04. The molecule has 0 spiro atoms. The normalized spacial score (nSPS) is 12.7. The van der Waals surface area contributed by atoms with Crippen LogP contribution >= 0.6 is 0 Å². The molecule has 3 rings (SSSR count). The van der Waals surface area contributed by atoms with Crippen molar-refractivity contribution in [3.05, 3.63) is 59.7 Å². The quantitative estimate of drug-likeness (QED) is 0.600. The summed E-state index contributed by atoms with van der Waals surface area (Å²) in [5.74, 6) is 1.47. The maximum absolute atomic E-state index is 12.2. The van der Waals surface area contributed by atoms with Crippen LogP contribution in [0.1, 0.15) is 30.9 Å². The molecule has 4 heteroatoms. The van der Waals surface area contributed by atoms with Crippen LogP contribution in [0.3, 0.4) is 0 Å². The maximum atomic E-state index is 12.2. The third-order valence-electron chi connectivity index (χ3n) is 4.04. The summed E-state index contributed by atoms with van der Waals surface area (Å²) in [5.41, 5.74) is 2.87.